The Bertz CT molecular complexity index is 368. The predicted octanol–water partition coefficient (Wildman–Crippen LogP) is 3.25. The summed E-state index contributed by atoms with van der Waals surface area (Å²) in [6, 6.07) is 6.13. The van der Waals surface area contributed by atoms with Gasteiger partial charge in [-0.2, -0.15) is 0 Å². The van der Waals surface area contributed by atoms with Gasteiger partial charge >= 0.3 is 0 Å². The maximum absolute atomic E-state index is 5.61. The molecule has 3 nitrogen and oxygen atoms in total. The highest BCUT2D eigenvalue weighted by Crippen LogP contribution is 2.31. The van der Waals surface area contributed by atoms with Crippen molar-refractivity contribution in [1.82, 2.24) is 0 Å². The van der Waals surface area contributed by atoms with Crippen molar-refractivity contribution in [3.63, 3.8) is 0 Å². The van der Waals surface area contributed by atoms with Gasteiger partial charge in [0.05, 0.1) is 20.3 Å². The lowest BCUT2D eigenvalue weighted by Gasteiger charge is -2.24. The van der Waals surface area contributed by atoms with E-state index in [0.717, 1.165) is 30.9 Å². The molecule has 0 N–H and O–H groups in total. The molecule has 0 saturated carbocycles. The number of methoxy groups -OCH3 is 1. The molecule has 1 saturated heterocycles. The maximum Gasteiger partial charge on any atom is 0.183 e. The van der Waals surface area contributed by atoms with Crippen LogP contribution < -0.4 is 4.74 Å². The SMILES string of the molecule is COc1ccc(C2OCCCO2)cc1C(C)C. The van der Waals surface area contributed by atoms with Crippen molar-refractivity contribution in [1.29, 1.82) is 0 Å². The zero-order valence-electron chi connectivity index (χ0n) is 10.7. The average Bonchev–Trinajstić information content (AvgIpc) is 2.39. The molecule has 1 heterocycles. The molecule has 0 spiro atoms. The molecule has 1 aromatic rings. The number of rotatable bonds is 3. The lowest BCUT2D eigenvalue weighted by Crippen LogP contribution is -2.18. The zero-order chi connectivity index (χ0) is 12.3. The Morgan fingerprint density at radius 2 is 1.94 bits per heavy atom. The topological polar surface area (TPSA) is 27.7 Å². The summed E-state index contributed by atoms with van der Waals surface area (Å²) in [5.41, 5.74) is 2.27. The van der Waals surface area contributed by atoms with Crippen LogP contribution in [-0.2, 0) is 9.47 Å². The molecule has 0 aliphatic carbocycles. The van der Waals surface area contributed by atoms with Crippen molar-refractivity contribution in [2.24, 2.45) is 0 Å². The van der Waals surface area contributed by atoms with Crippen LogP contribution in [0.1, 0.15) is 43.6 Å². The van der Waals surface area contributed by atoms with Gasteiger partial charge in [-0.25, -0.2) is 0 Å². The van der Waals surface area contributed by atoms with Crippen LogP contribution in [0.4, 0.5) is 0 Å². The van der Waals surface area contributed by atoms with E-state index < -0.39 is 0 Å². The Labute approximate surface area is 103 Å². The zero-order valence-corrected chi connectivity index (χ0v) is 10.7. The van der Waals surface area contributed by atoms with Gasteiger partial charge in [-0.05, 0) is 30.0 Å². The van der Waals surface area contributed by atoms with E-state index >= 15 is 0 Å². The van der Waals surface area contributed by atoms with Crippen LogP contribution in [0.3, 0.4) is 0 Å². The fraction of sp³-hybridized carbons (Fsp3) is 0.571. The van der Waals surface area contributed by atoms with Gasteiger partial charge in [-0.15, -0.1) is 0 Å². The van der Waals surface area contributed by atoms with Crippen LogP contribution in [0.5, 0.6) is 5.75 Å². The third kappa shape index (κ3) is 2.79. The molecule has 2 rings (SSSR count). The lowest BCUT2D eigenvalue weighted by atomic mass is 9.99. The molecule has 1 aliphatic rings. The molecule has 0 aromatic heterocycles. The fourth-order valence-electron chi connectivity index (χ4n) is 2.03. The second kappa shape index (κ2) is 5.52. The predicted molar refractivity (Wildman–Crippen MR) is 66.3 cm³/mol. The van der Waals surface area contributed by atoms with E-state index in [9.17, 15) is 0 Å². The van der Waals surface area contributed by atoms with E-state index in [4.69, 9.17) is 14.2 Å². The molecular weight excluding hydrogens is 216 g/mol. The third-order valence-electron chi connectivity index (χ3n) is 2.98. The van der Waals surface area contributed by atoms with Gasteiger partial charge in [-0.1, -0.05) is 19.9 Å². The summed E-state index contributed by atoms with van der Waals surface area (Å²) < 4.78 is 16.6. The Hall–Kier alpha value is -1.06. The third-order valence-corrected chi connectivity index (χ3v) is 2.98. The van der Waals surface area contributed by atoms with Gasteiger partial charge in [0.1, 0.15) is 5.75 Å². The van der Waals surface area contributed by atoms with Crippen molar-refractivity contribution < 1.29 is 14.2 Å². The summed E-state index contributed by atoms with van der Waals surface area (Å²) in [6.45, 7) is 5.86. The Morgan fingerprint density at radius 1 is 1.24 bits per heavy atom. The van der Waals surface area contributed by atoms with Crippen LogP contribution in [0.15, 0.2) is 18.2 Å². The molecular formula is C14H20O3. The van der Waals surface area contributed by atoms with E-state index in [1.807, 2.05) is 12.1 Å². The van der Waals surface area contributed by atoms with Gasteiger partial charge in [0, 0.05) is 5.56 Å². The fourth-order valence-corrected chi connectivity index (χ4v) is 2.03. The highest BCUT2D eigenvalue weighted by molar-refractivity contribution is 5.39. The van der Waals surface area contributed by atoms with Gasteiger partial charge in [0.25, 0.3) is 0 Å². The first kappa shape index (κ1) is 12.4. The monoisotopic (exact) mass is 236 g/mol. The summed E-state index contributed by atoms with van der Waals surface area (Å²) in [4.78, 5) is 0. The Morgan fingerprint density at radius 3 is 2.53 bits per heavy atom. The minimum atomic E-state index is -0.216. The molecule has 0 radical (unpaired) electrons. The van der Waals surface area contributed by atoms with Crippen LogP contribution >= 0.6 is 0 Å². The number of hydrogen-bond donors (Lipinski definition) is 0. The average molecular weight is 236 g/mol. The number of ether oxygens (including phenoxy) is 3. The van der Waals surface area contributed by atoms with Crippen LogP contribution in [-0.4, -0.2) is 20.3 Å². The Balaban J connectivity index is 2.26. The molecule has 1 aliphatic heterocycles. The molecule has 0 atom stereocenters. The van der Waals surface area contributed by atoms with Gasteiger partial charge in [0.2, 0.25) is 0 Å². The summed E-state index contributed by atoms with van der Waals surface area (Å²) in [7, 11) is 1.70. The summed E-state index contributed by atoms with van der Waals surface area (Å²) >= 11 is 0. The molecule has 94 valence electrons. The molecule has 0 unspecified atom stereocenters. The van der Waals surface area contributed by atoms with Crippen LogP contribution in [0.25, 0.3) is 0 Å². The van der Waals surface area contributed by atoms with Crippen molar-refractivity contribution in [2.75, 3.05) is 20.3 Å². The minimum absolute atomic E-state index is 0.216. The molecule has 0 amide bonds. The standard InChI is InChI=1S/C14H20O3/c1-10(2)12-9-11(5-6-13(12)15-3)14-16-7-4-8-17-14/h5-6,9-10,14H,4,7-8H2,1-3H3. The van der Waals surface area contributed by atoms with E-state index in [2.05, 4.69) is 19.9 Å². The first-order chi connectivity index (χ1) is 8.22. The normalized spacial score (nSPS) is 17.4. The van der Waals surface area contributed by atoms with Gasteiger partial charge < -0.3 is 14.2 Å². The van der Waals surface area contributed by atoms with E-state index in [1.165, 1.54) is 5.56 Å². The number of benzene rings is 1. The van der Waals surface area contributed by atoms with Gasteiger partial charge in [-0.3, -0.25) is 0 Å². The highest BCUT2D eigenvalue weighted by Gasteiger charge is 2.18. The number of hydrogen-bond acceptors (Lipinski definition) is 3. The van der Waals surface area contributed by atoms with E-state index in [0.29, 0.717) is 5.92 Å². The van der Waals surface area contributed by atoms with Gasteiger partial charge in [0.15, 0.2) is 6.29 Å². The quantitative estimate of drug-likeness (QED) is 0.806. The smallest absolute Gasteiger partial charge is 0.183 e. The highest BCUT2D eigenvalue weighted by atomic mass is 16.7. The van der Waals surface area contributed by atoms with Crippen molar-refractivity contribution in [3.05, 3.63) is 29.3 Å². The molecule has 17 heavy (non-hydrogen) atoms. The van der Waals surface area contributed by atoms with Crippen LogP contribution in [0.2, 0.25) is 0 Å². The van der Waals surface area contributed by atoms with Crippen LogP contribution in [0, 0.1) is 0 Å². The first-order valence-corrected chi connectivity index (χ1v) is 6.13. The second-order valence-electron chi connectivity index (χ2n) is 4.58. The molecule has 1 fully saturated rings. The first-order valence-electron chi connectivity index (χ1n) is 6.13. The van der Waals surface area contributed by atoms with Crippen molar-refractivity contribution >= 4 is 0 Å². The largest absolute Gasteiger partial charge is 0.496 e. The van der Waals surface area contributed by atoms with Crippen molar-refractivity contribution in [2.45, 2.75) is 32.5 Å². The second-order valence-corrected chi connectivity index (χ2v) is 4.58. The summed E-state index contributed by atoms with van der Waals surface area (Å²) in [6.07, 6.45) is 0.760. The molecule has 0 bridgehead atoms. The van der Waals surface area contributed by atoms with E-state index in [1.54, 1.807) is 7.11 Å². The summed E-state index contributed by atoms with van der Waals surface area (Å²) in [5, 5.41) is 0. The molecule has 1 aromatic carbocycles. The van der Waals surface area contributed by atoms with Crippen molar-refractivity contribution in [3.8, 4) is 5.75 Å². The summed E-state index contributed by atoms with van der Waals surface area (Å²) in [5.74, 6) is 1.35. The van der Waals surface area contributed by atoms with E-state index in [-0.39, 0.29) is 6.29 Å². The maximum atomic E-state index is 5.61. The lowest BCUT2D eigenvalue weighted by molar-refractivity contribution is -0.183. The molecule has 3 heteroatoms. The Kier molecular flexibility index (Phi) is 4.02. The minimum Gasteiger partial charge on any atom is -0.496 e.